The predicted molar refractivity (Wildman–Crippen MR) is 72.1 cm³/mol. The topological polar surface area (TPSA) is 66.5 Å². The minimum Gasteiger partial charge on any atom is -0.352 e. The molecule has 1 aliphatic rings. The van der Waals surface area contributed by atoms with Crippen LogP contribution in [0.3, 0.4) is 0 Å². The number of amides is 1. The molecule has 116 valence electrons. The van der Waals surface area contributed by atoms with Gasteiger partial charge in [0.05, 0.1) is 6.54 Å². The standard InChI is InChI=1S/C13H16F2N2O3S/c1-8-5-12(11(15)6-10(8)14)21(19,20)17(2)7-13(18)16-9-3-4-9/h5-6,9H,3-4,7H2,1-2H3,(H,16,18). The monoisotopic (exact) mass is 318 g/mol. The summed E-state index contributed by atoms with van der Waals surface area (Å²) in [5, 5.41) is 2.64. The summed E-state index contributed by atoms with van der Waals surface area (Å²) in [7, 11) is -3.01. The second-order valence-corrected chi connectivity index (χ2v) is 7.15. The summed E-state index contributed by atoms with van der Waals surface area (Å²) in [6, 6.07) is 1.56. The number of rotatable bonds is 5. The summed E-state index contributed by atoms with van der Waals surface area (Å²) in [5.74, 6) is -2.43. The third kappa shape index (κ3) is 3.56. The van der Waals surface area contributed by atoms with Crippen LogP contribution in [0, 0.1) is 18.6 Å². The van der Waals surface area contributed by atoms with Crippen molar-refractivity contribution in [2.24, 2.45) is 0 Å². The molecule has 0 unspecified atom stereocenters. The number of carbonyl (C=O) groups excluding carboxylic acids is 1. The number of hydrogen-bond donors (Lipinski definition) is 1. The van der Waals surface area contributed by atoms with E-state index in [2.05, 4.69) is 5.32 Å². The van der Waals surface area contributed by atoms with Gasteiger partial charge in [-0.1, -0.05) is 0 Å². The average molecular weight is 318 g/mol. The van der Waals surface area contributed by atoms with Crippen LogP contribution in [-0.4, -0.2) is 38.3 Å². The van der Waals surface area contributed by atoms with Gasteiger partial charge in [0.1, 0.15) is 16.5 Å². The Kier molecular flexibility index (Phi) is 4.29. The molecule has 2 rings (SSSR count). The Morgan fingerprint density at radius 1 is 1.33 bits per heavy atom. The number of nitrogens with one attached hydrogen (secondary N) is 1. The highest BCUT2D eigenvalue weighted by molar-refractivity contribution is 7.89. The zero-order valence-electron chi connectivity index (χ0n) is 11.7. The quantitative estimate of drug-likeness (QED) is 0.886. The van der Waals surface area contributed by atoms with Crippen LogP contribution in [0.15, 0.2) is 17.0 Å². The fourth-order valence-electron chi connectivity index (χ4n) is 1.78. The molecule has 1 N–H and O–H groups in total. The molecule has 0 spiro atoms. The van der Waals surface area contributed by atoms with Gasteiger partial charge < -0.3 is 5.32 Å². The highest BCUT2D eigenvalue weighted by Crippen LogP contribution is 2.22. The molecule has 1 fully saturated rings. The van der Waals surface area contributed by atoms with E-state index in [4.69, 9.17) is 0 Å². The molecule has 5 nitrogen and oxygen atoms in total. The first-order valence-corrected chi connectivity index (χ1v) is 7.87. The maximum absolute atomic E-state index is 13.7. The maximum Gasteiger partial charge on any atom is 0.246 e. The molecular formula is C13H16F2N2O3S. The Balaban J connectivity index is 2.20. The van der Waals surface area contributed by atoms with Crippen molar-refractivity contribution in [3.63, 3.8) is 0 Å². The molecule has 21 heavy (non-hydrogen) atoms. The van der Waals surface area contributed by atoms with Crippen molar-refractivity contribution in [1.82, 2.24) is 9.62 Å². The molecule has 1 aliphatic carbocycles. The molecule has 1 aromatic rings. The maximum atomic E-state index is 13.7. The number of hydrogen-bond acceptors (Lipinski definition) is 3. The first-order valence-electron chi connectivity index (χ1n) is 6.43. The Morgan fingerprint density at radius 2 is 1.95 bits per heavy atom. The Bertz CT molecular complexity index is 672. The number of aryl methyl sites for hydroxylation is 1. The van der Waals surface area contributed by atoms with Crippen LogP contribution < -0.4 is 5.32 Å². The Hall–Kier alpha value is -1.54. The lowest BCUT2D eigenvalue weighted by molar-refractivity contribution is -0.121. The highest BCUT2D eigenvalue weighted by atomic mass is 32.2. The Labute approximate surface area is 122 Å². The van der Waals surface area contributed by atoms with E-state index in [1.54, 1.807) is 0 Å². The lowest BCUT2D eigenvalue weighted by Gasteiger charge is -2.17. The summed E-state index contributed by atoms with van der Waals surface area (Å²) in [5.41, 5.74) is 0.0193. The highest BCUT2D eigenvalue weighted by Gasteiger charge is 2.29. The van der Waals surface area contributed by atoms with Crippen LogP contribution in [0.5, 0.6) is 0 Å². The molecular weight excluding hydrogens is 302 g/mol. The zero-order chi connectivity index (χ0) is 15.8. The molecule has 0 bridgehead atoms. The zero-order valence-corrected chi connectivity index (χ0v) is 12.5. The average Bonchev–Trinajstić information content (AvgIpc) is 3.17. The number of benzene rings is 1. The lowest BCUT2D eigenvalue weighted by atomic mass is 10.2. The summed E-state index contributed by atoms with van der Waals surface area (Å²) >= 11 is 0. The van der Waals surface area contributed by atoms with Crippen molar-refractivity contribution in [2.75, 3.05) is 13.6 Å². The molecule has 1 amide bonds. The van der Waals surface area contributed by atoms with E-state index in [-0.39, 0.29) is 11.6 Å². The minimum absolute atomic E-state index is 0.0193. The molecule has 1 saturated carbocycles. The molecule has 0 atom stereocenters. The van der Waals surface area contributed by atoms with E-state index >= 15 is 0 Å². The van der Waals surface area contributed by atoms with Gasteiger partial charge in [0, 0.05) is 19.2 Å². The van der Waals surface area contributed by atoms with Gasteiger partial charge in [-0.3, -0.25) is 4.79 Å². The van der Waals surface area contributed by atoms with Crippen LogP contribution in [0.1, 0.15) is 18.4 Å². The SMILES string of the molecule is Cc1cc(S(=O)(=O)N(C)CC(=O)NC2CC2)c(F)cc1F. The molecule has 8 heteroatoms. The number of carbonyl (C=O) groups is 1. The second-order valence-electron chi connectivity index (χ2n) is 5.13. The third-order valence-corrected chi connectivity index (χ3v) is 5.03. The minimum atomic E-state index is -4.19. The largest absolute Gasteiger partial charge is 0.352 e. The van der Waals surface area contributed by atoms with Gasteiger partial charge in [0.25, 0.3) is 0 Å². The second kappa shape index (κ2) is 5.69. The van der Waals surface area contributed by atoms with Crippen LogP contribution in [0.4, 0.5) is 8.78 Å². The van der Waals surface area contributed by atoms with Gasteiger partial charge in [0.15, 0.2) is 0 Å². The summed E-state index contributed by atoms with van der Waals surface area (Å²) in [6.07, 6.45) is 1.77. The smallest absolute Gasteiger partial charge is 0.246 e. The van der Waals surface area contributed by atoms with Crippen LogP contribution >= 0.6 is 0 Å². The number of halogens is 2. The van der Waals surface area contributed by atoms with Gasteiger partial charge in [0.2, 0.25) is 15.9 Å². The van der Waals surface area contributed by atoms with E-state index in [9.17, 15) is 22.0 Å². The lowest BCUT2D eigenvalue weighted by Crippen LogP contribution is -2.39. The van der Waals surface area contributed by atoms with Crippen molar-refractivity contribution >= 4 is 15.9 Å². The number of likely N-dealkylation sites (N-methyl/N-ethyl adjacent to an activating group) is 1. The third-order valence-electron chi connectivity index (χ3n) is 3.21. The van der Waals surface area contributed by atoms with Gasteiger partial charge in [-0.15, -0.1) is 0 Å². The summed E-state index contributed by atoms with van der Waals surface area (Å²) < 4.78 is 52.1. The number of nitrogens with zero attached hydrogens (tertiary/aromatic N) is 1. The van der Waals surface area contributed by atoms with Crippen molar-refractivity contribution in [2.45, 2.75) is 30.7 Å². The normalized spacial score (nSPS) is 15.3. The Morgan fingerprint density at radius 3 is 2.52 bits per heavy atom. The van der Waals surface area contributed by atoms with Crippen molar-refractivity contribution < 1.29 is 22.0 Å². The van der Waals surface area contributed by atoms with Gasteiger partial charge in [-0.2, -0.15) is 4.31 Å². The number of sulfonamides is 1. The van der Waals surface area contributed by atoms with Crippen molar-refractivity contribution in [3.8, 4) is 0 Å². The van der Waals surface area contributed by atoms with Gasteiger partial charge in [-0.05, 0) is 31.4 Å². The van der Waals surface area contributed by atoms with Crippen LogP contribution in [-0.2, 0) is 14.8 Å². The van der Waals surface area contributed by atoms with E-state index in [1.807, 2.05) is 0 Å². The molecule has 0 aliphatic heterocycles. The van der Waals surface area contributed by atoms with Crippen molar-refractivity contribution in [1.29, 1.82) is 0 Å². The van der Waals surface area contributed by atoms with Gasteiger partial charge in [-0.25, -0.2) is 17.2 Å². The first-order chi connectivity index (χ1) is 9.71. The van der Waals surface area contributed by atoms with E-state index < -0.39 is 39.0 Å². The fraction of sp³-hybridized carbons (Fsp3) is 0.462. The first kappa shape index (κ1) is 15.8. The fourth-order valence-corrected chi connectivity index (χ4v) is 3.04. The molecule has 0 heterocycles. The van der Waals surface area contributed by atoms with E-state index in [0.717, 1.165) is 23.2 Å². The van der Waals surface area contributed by atoms with E-state index in [1.165, 1.54) is 14.0 Å². The van der Waals surface area contributed by atoms with E-state index in [0.29, 0.717) is 6.07 Å². The van der Waals surface area contributed by atoms with Crippen LogP contribution in [0.25, 0.3) is 0 Å². The summed E-state index contributed by atoms with van der Waals surface area (Å²) in [4.78, 5) is 11.0. The van der Waals surface area contributed by atoms with Gasteiger partial charge >= 0.3 is 0 Å². The van der Waals surface area contributed by atoms with Crippen molar-refractivity contribution in [3.05, 3.63) is 29.3 Å². The molecule has 1 aromatic carbocycles. The molecule has 0 aromatic heterocycles. The van der Waals surface area contributed by atoms with Crippen LogP contribution in [0.2, 0.25) is 0 Å². The molecule has 0 saturated heterocycles. The predicted octanol–water partition coefficient (Wildman–Crippen LogP) is 1.17. The summed E-state index contributed by atoms with van der Waals surface area (Å²) in [6.45, 7) is 0.933. The molecule has 0 radical (unpaired) electrons.